The Morgan fingerprint density at radius 3 is 2.17 bits per heavy atom. The molecule has 12 heavy (non-hydrogen) atoms. The standard InChI is InChI=1S/C10H20O2/c1-5-9-7(3)6(2)8(4)10(11)12-9/h6-11H,5H2,1-4H3/t6-,7-,8?,9?,10?/m0/s1. The van der Waals surface area contributed by atoms with Crippen LogP contribution in [0.5, 0.6) is 0 Å². The molecule has 0 aliphatic carbocycles. The average molecular weight is 172 g/mol. The van der Waals surface area contributed by atoms with Gasteiger partial charge in [-0.2, -0.15) is 0 Å². The van der Waals surface area contributed by atoms with Gasteiger partial charge in [0.05, 0.1) is 6.10 Å². The Kier molecular flexibility index (Phi) is 3.13. The maximum Gasteiger partial charge on any atom is 0.157 e. The minimum atomic E-state index is -0.554. The summed E-state index contributed by atoms with van der Waals surface area (Å²) in [5.41, 5.74) is 0. The van der Waals surface area contributed by atoms with Crippen LogP contribution < -0.4 is 0 Å². The second kappa shape index (κ2) is 3.75. The highest BCUT2D eigenvalue weighted by Gasteiger charge is 2.36. The molecule has 1 rings (SSSR count). The Morgan fingerprint density at radius 1 is 1.08 bits per heavy atom. The summed E-state index contributed by atoms with van der Waals surface area (Å²) in [5.74, 6) is 1.38. The summed E-state index contributed by atoms with van der Waals surface area (Å²) in [5, 5.41) is 9.55. The Hall–Kier alpha value is -0.0800. The molecule has 0 radical (unpaired) electrons. The highest BCUT2D eigenvalue weighted by atomic mass is 16.6. The van der Waals surface area contributed by atoms with Gasteiger partial charge in [-0.1, -0.05) is 27.7 Å². The van der Waals surface area contributed by atoms with Gasteiger partial charge in [-0.05, 0) is 18.3 Å². The van der Waals surface area contributed by atoms with Gasteiger partial charge in [0.2, 0.25) is 0 Å². The van der Waals surface area contributed by atoms with E-state index in [1.165, 1.54) is 0 Å². The van der Waals surface area contributed by atoms with Gasteiger partial charge in [0.25, 0.3) is 0 Å². The first-order valence-corrected chi connectivity index (χ1v) is 4.91. The molecule has 0 bridgehead atoms. The Bertz CT molecular complexity index is 142. The highest BCUT2D eigenvalue weighted by Crippen LogP contribution is 2.34. The first-order valence-electron chi connectivity index (χ1n) is 4.91. The van der Waals surface area contributed by atoms with Crippen molar-refractivity contribution < 1.29 is 9.84 Å². The fourth-order valence-corrected chi connectivity index (χ4v) is 1.97. The van der Waals surface area contributed by atoms with Crippen LogP contribution in [-0.2, 0) is 4.74 Å². The van der Waals surface area contributed by atoms with E-state index in [1.807, 2.05) is 0 Å². The summed E-state index contributed by atoms with van der Waals surface area (Å²) in [7, 11) is 0. The normalized spacial score (nSPS) is 49.2. The van der Waals surface area contributed by atoms with Crippen molar-refractivity contribution in [1.82, 2.24) is 0 Å². The van der Waals surface area contributed by atoms with Crippen LogP contribution in [-0.4, -0.2) is 17.5 Å². The van der Waals surface area contributed by atoms with Crippen LogP contribution in [0.15, 0.2) is 0 Å². The first-order chi connectivity index (χ1) is 5.57. The van der Waals surface area contributed by atoms with Crippen LogP contribution in [0.1, 0.15) is 34.1 Å². The molecular formula is C10H20O2. The molecule has 0 aromatic carbocycles. The Morgan fingerprint density at radius 2 is 1.67 bits per heavy atom. The molecule has 3 unspecified atom stereocenters. The topological polar surface area (TPSA) is 29.5 Å². The molecule has 1 N–H and O–H groups in total. The van der Waals surface area contributed by atoms with E-state index in [-0.39, 0.29) is 12.0 Å². The SMILES string of the molecule is CCC1OC(O)C(C)[C@@H](C)[C@@H]1C. The van der Waals surface area contributed by atoms with Crippen molar-refractivity contribution in [1.29, 1.82) is 0 Å². The van der Waals surface area contributed by atoms with E-state index < -0.39 is 6.29 Å². The number of hydrogen-bond acceptors (Lipinski definition) is 2. The third kappa shape index (κ3) is 1.64. The van der Waals surface area contributed by atoms with Crippen molar-refractivity contribution >= 4 is 0 Å². The molecule has 0 spiro atoms. The zero-order chi connectivity index (χ0) is 9.30. The van der Waals surface area contributed by atoms with Crippen molar-refractivity contribution in [2.45, 2.75) is 46.5 Å². The van der Waals surface area contributed by atoms with Gasteiger partial charge in [0.15, 0.2) is 6.29 Å². The summed E-state index contributed by atoms with van der Waals surface area (Å²) >= 11 is 0. The van der Waals surface area contributed by atoms with E-state index >= 15 is 0 Å². The van der Waals surface area contributed by atoms with Gasteiger partial charge >= 0.3 is 0 Å². The third-order valence-electron chi connectivity index (χ3n) is 3.41. The molecule has 1 saturated heterocycles. The number of ether oxygens (including phenoxy) is 1. The first kappa shape index (κ1) is 10.0. The van der Waals surface area contributed by atoms with Crippen LogP contribution in [0.4, 0.5) is 0 Å². The molecule has 0 aromatic rings. The van der Waals surface area contributed by atoms with Gasteiger partial charge in [-0.15, -0.1) is 0 Å². The molecule has 5 atom stereocenters. The molecule has 2 heteroatoms. The molecule has 1 aliphatic rings. The van der Waals surface area contributed by atoms with Gasteiger partial charge < -0.3 is 9.84 Å². The monoisotopic (exact) mass is 172 g/mol. The zero-order valence-corrected chi connectivity index (χ0v) is 8.45. The molecule has 72 valence electrons. The van der Waals surface area contributed by atoms with Crippen molar-refractivity contribution in [3.63, 3.8) is 0 Å². The predicted octanol–water partition coefficient (Wildman–Crippen LogP) is 2.02. The lowest BCUT2D eigenvalue weighted by atomic mass is 9.78. The lowest BCUT2D eigenvalue weighted by molar-refractivity contribution is -0.224. The molecule has 1 aliphatic heterocycles. The van der Waals surface area contributed by atoms with Crippen LogP contribution in [0, 0.1) is 17.8 Å². The highest BCUT2D eigenvalue weighted by molar-refractivity contribution is 4.81. The van der Waals surface area contributed by atoms with E-state index in [9.17, 15) is 5.11 Å². The van der Waals surface area contributed by atoms with Gasteiger partial charge in [0.1, 0.15) is 0 Å². The minimum absolute atomic E-state index is 0.242. The molecule has 2 nitrogen and oxygen atoms in total. The zero-order valence-electron chi connectivity index (χ0n) is 8.45. The summed E-state index contributed by atoms with van der Waals surface area (Å²) in [4.78, 5) is 0. The van der Waals surface area contributed by atoms with Crippen LogP contribution >= 0.6 is 0 Å². The summed E-state index contributed by atoms with van der Waals surface area (Å²) in [6, 6.07) is 0. The van der Waals surface area contributed by atoms with E-state index in [0.717, 1.165) is 6.42 Å². The van der Waals surface area contributed by atoms with Crippen LogP contribution in [0.3, 0.4) is 0 Å². The van der Waals surface area contributed by atoms with Gasteiger partial charge in [-0.3, -0.25) is 0 Å². The number of rotatable bonds is 1. The lowest BCUT2D eigenvalue weighted by Gasteiger charge is -2.41. The maximum absolute atomic E-state index is 9.55. The summed E-state index contributed by atoms with van der Waals surface area (Å²) < 4.78 is 5.49. The maximum atomic E-state index is 9.55. The fourth-order valence-electron chi connectivity index (χ4n) is 1.97. The molecule has 0 aromatic heterocycles. The van der Waals surface area contributed by atoms with Crippen molar-refractivity contribution in [2.75, 3.05) is 0 Å². The number of aliphatic hydroxyl groups is 1. The third-order valence-corrected chi connectivity index (χ3v) is 3.41. The largest absolute Gasteiger partial charge is 0.368 e. The second-order valence-electron chi connectivity index (χ2n) is 4.05. The van der Waals surface area contributed by atoms with Crippen LogP contribution in [0.2, 0.25) is 0 Å². The minimum Gasteiger partial charge on any atom is -0.368 e. The van der Waals surface area contributed by atoms with E-state index in [2.05, 4.69) is 27.7 Å². The molecule has 0 saturated carbocycles. The Balaban J connectivity index is 2.63. The number of aliphatic hydroxyl groups excluding tert-OH is 1. The predicted molar refractivity (Wildman–Crippen MR) is 48.7 cm³/mol. The van der Waals surface area contributed by atoms with E-state index in [1.54, 1.807) is 0 Å². The molecular weight excluding hydrogens is 152 g/mol. The quantitative estimate of drug-likeness (QED) is 0.655. The van der Waals surface area contributed by atoms with Crippen molar-refractivity contribution in [3.05, 3.63) is 0 Å². The number of hydrogen-bond donors (Lipinski definition) is 1. The van der Waals surface area contributed by atoms with Crippen LogP contribution in [0.25, 0.3) is 0 Å². The summed E-state index contributed by atoms with van der Waals surface area (Å²) in [6.07, 6.45) is 0.683. The Labute approximate surface area is 74.9 Å². The molecule has 1 fully saturated rings. The van der Waals surface area contributed by atoms with Gasteiger partial charge in [-0.25, -0.2) is 0 Å². The smallest absolute Gasteiger partial charge is 0.157 e. The summed E-state index contributed by atoms with van der Waals surface area (Å²) in [6.45, 7) is 8.57. The molecule has 1 heterocycles. The molecule has 0 amide bonds. The average Bonchev–Trinajstić information content (AvgIpc) is 2.08. The second-order valence-corrected chi connectivity index (χ2v) is 4.05. The van der Waals surface area contributed by atoms with Crippen molar-refractivity contribution in [2.24, 2.45) is 17.8 Å². The van der Waals surface area contributed by atoms with E-state index in [4.69, 9.17) is 4.74 Å². The van der Waals surface area contributed by atoms with Gasteiger partial charge in [0, 0.05) is 5.92 Å². The lowest BCUT2D eigenvalue weighted by Crippen LogP contribution is -2.44. The van der Waals surface area contributed by atoms with E-state index in [0.29, 0.717) is 11.8 Å². The van der Waals surface area contributed by atoms with Crippen molar-refractivity contribution in [3.8, 4) is 0 Å². The fraction of sp³-hybridized carbons (Fsp3) is 1.00.